The molecule has 1 saturated carbocycles. The lowest BCUT2D eigenvalue weighted by Gasteiger charge is -2.46. The highest BCUT2D eigenvalue weighted by Gasteiger charge is 2.52. The molecule has 1 fully saturated rings. The molecule has 0 aliphatic heterocycles. The van der Waals surface area contributed by atoms with E-state index in [1.54, 1.807) is 19.0 Å². The molecule has 0 unspecified atom stereocenters. The van der Waals surface area contributed by atoms with Crippen LogP contribution >= 0.6 is 0 Å². The number of benzene rings is 1. The first-order valence-corrected chi connectivity index (χ1v) is 7.14. The summed E-state index contributed by atoms with van der Waals surface area (Å²) in [6, 6.07) is 4.64. The zero-order chi connectivity index (χ0) is 16.8. The van der Waals surface area contributed by atoms with Crippen molar-refractivity contribution in [2.24, 2.45) is 0 Å². The Bertz CT molecular complexity index is 564. The molecular weight excluding hydrogens is 295 g/mol. The first kappa shape index (κ1) is 17.0. The average Bonchev–Trinajstić information content (AvgIpc) is 2.41. The highest BCUT2D eigenvalue weighted by atomic mass is 19.4. The predicted molar refractivity (Wildman–Crippen MR) is 76.3 cm³/mol. The number of hydrogen-bond donors (Lipinski definition) is 1. The van der Waals surface area contributed by atoms with Gasteiger partial charge in [-0.25, -0.2) is 0 Å². The Morgan fingerprint density at radius 1 is 1.14 bits per heavy atom. The largest absolute Gasteiger partial charge is 0.416 e. The molecule has 0 heterocycles. The number of hydrogen-bond acceptors (Lipinski definition) is 3. The Kier molecular flexibility index (Phi) is 4.13. The molecule has 0 aromatic heterocycles. The van der Waals surface area contributed by atoms with Crippen molar-refractivity contribution in [2.75, 3.05) is 14.1 Å². The molecule has 122 valence electrons. The minimum atomic E-state index is -4.41. The van der Waals surface area contributed by atoms with E-state index in [0.717, 1.165) is 12.1 Å². The van der Waals surface area contributed by atoms with Crippen LogP contribution in [0, 0.1) is 0 Å². The molecule has 1 aliphatic rings. The van der Waals surface area contributed by atoms with Gasteiger partial charge in [0.1, 0.15) is 11.1 Å². The lowest BCUT2D eigenvalue weighted by Crippen LogP contribution is -2.59. The second-order valence-electron chi connectivity index (χ2n) is 6.29. The van der Waals surface area contributed by atoms with Gasteiger partial charge in [0, 0.05) is 0 Å². The third kappa shape index (κ3) is 2.65. The molecule has 1 aliphatic carbocycles. The molecule has 1 aromatic rings. The molecule has 22 heavy (non-hydrogen) atoms. The number of carbonyl (C=O) groups excluding carboxylic acids is 1. The van der Waals surface area contributed by atoms with Crippen LogP contribution in [0.2, 0.25) is 0 Å². The highest BCUT2D eigenvalue weighted by Crippen LogP contribution is 2.43. The Morgan fingerprint density at radius 2 is 1.68 bits per heavy atom. The van der Waals surface area contributed by atoms with Gasteiger partial charge in [0.15, 0.2) is 5.78 Å². The van der Waals surface area contributed by atoms with E-state index in [1.807, 2.05) is 0 Å². The fourth-order valence-corrected chi connectivity index (χ4v) is 3.26. The number of rotatable bonds is 2. The number of aliphatic hydroxyl groups is 1. The maximum absolute atomic E-state index is 12.8. The number of alkyl halides is 3. The first-order chi connectivity index (χ1) is 10.0. The Balaban J connectivity index is 2.51. The van der Waals surface area contributed by atoms with Gasteiger partial charge in [0.05, 0.1) is 5.56 Å². The summed E-state index contributed by atoms with van der Waals surface area (Å²) in [5.74, 6) is -0.365. The van der Waals surface area contributed by atoms with Crippen LogP contribution < -0.4 is 0 Å². The number of ketones is 1. The number of nitrogens with zero attached hydrogens (tertiary/aromatic N) is 1. The quantitative estimate of drug-likeness (QED) is 0.912. The van der Waals surface area contributed by atoms with Gasteiger partial charge in [-0.15, -0.1) is 0 Å². The van der Waals surface area contributed by atoms with E-state index in [0.29, 0.717) is 24.8 Å². The van der Waals surface area contributed by atoms with E-state index >= 15 is 0 Å². The summed E-state index contributed by atoms with van der Waals surface area (Å²) in [5.41, 5.74) is -2.83. The van der Waals surface area contributed by atoms with Crippen LogP contribution in [0.5, 0.6) is 0 Å². The summed E-state index contributed by atoms with van der Waals surface area (Å²) in [7, 11) is 3.41. The summed E-state index contributed by atoms with van der Waals surface area (Å²) in [6.07, 6.45) is -2.95. The lowest BCUT2D eigenvalue weighted by atomic mass is 9.68. The van der Waals surface area contributed by atoms with Crippen molar-refractivity contribution in [1.29, 1.82) is 0 Å². The fraction of sp³-hybridized carbons (Fsp3) is 0.562. The third-order valence-corrected chi connectivity index (χ3v) is 4.52. The summed E-state index contributed by atoms with van der Waals surface area (Å²) >= 11 is 0. The molecule has 0 amide bonds. The molecule has 6 heteroatoms. The molecule has 0 bridgehead atoms. The third-order valence-electron chi connectivity index (χ3n) is 4.52. The fourth-order valence-electron chi connectivity index (χ4n) is 3.26. The molecular formula is C16H20F3NO2. The van der Waals surface area contributed by atoms with Crippen LogP contribution in [-0.2, 0) is 16.5 Å². The Labute approximate surface area is 127 Å². The minimum absolute atomic E-state index is 0.363. The van der Waals surface area contributed by atoms with E-state index in [9.17, 15) is 23.1 Å². The molecule has 1 aromatic carbocycles. The maximum Gasteiger partial charge on any atom is 0.416 e. The van der Waals surface area contributed by atoms with E-state index < -0.39 is 22.9 Å². The van der Waals surface area contributed by atoms with Crippen molar-refractivity contribution in [2.45, 2.75) is 43.5 Å². The zero-order valence-corrected chi connectivity index (χ0v) is 12.9. The van der Waals surface area contributed by atoms with Crippen LogP contribution in [0.4, 0.5) is 13.2 Å². The molecule has 0 radical (unpaired) electrons. The Hall–Kier alpha value is -1.40. The van der Waals surface area contributed by atoms with Crippen molar-refractivity contribution >= 4 is 5.78 Å². The number of likely N-dealkylation sites (N-methyl/N-ethyl adjacent to an activating group) is 1. The Morgan fingerprint density at radius 3 is 2.14 bits per heavy atom. The van der Waals surface area contributed by atoms with Gasteiger partial charge in [0.2, 0.25) is 0 Å². The standard InChI is InChI=1S/C16H20F3NO2/c1-14(22)9-4-10-15(13(14)21,20(2)3)11-5-7-12(8-6-11)16(17,18)19/h5-8,22H,4,9-10H2,1-3H3/t14-,15-/m1/s1. The minimum Gasteiger partial charge on any atom is -0.382 e. The molecule has 0 spiro atoms. The second-order valence-corrected chi connectivity index (χ2v) is 6.29. The van der Waals surface area contributed by atoms with Crippen molar-refractivity contribution in [3.8, 4) is 0 Å². The van der Waals surface area contributed by atoms with Crippen molar-refractivity contribution in [3.63, 3.8) is 0 Å². The molecule has 1 N–H and O–H groups in total. The number of halogens is 3. The second kappa shape index (κ2) is 5.35. The summed E-state index contributed by atoms with van der Waals surface area (Å²) in [6.45, 7) is 1.47. The van der Waals surface area contributed by atoms with E-state index in [-0.39, 0.29) is 5.78 Å². The highest BCUT2D eigenvalue weighted by molar-refractivity contribution is 5.96. The van der Waals surface area contributed by atoms with Crippen molar-refractivity contribution < 1.29 is 23.1 Å². The van der Waals surface area contributed by atoms with Crippen molar-refractivity contribution in [3.05, 3.63) is 35.4 Å². The van der Waals surface area contributed by atoms with Crippen LogP contribution in [0.25, 0.3) is 0 Å². The van der Waals surface area contributed by atoms with Crippen LogP contribution in [0.15, 0.2) is 24.3 Å². The van der Waals surface area contributed by atoms with E-state index in [1.165, 1.54) is 19.1 Å². The summed E-state index contributed by atoms with van der Waals surface area (Å²) in [5, 5.41) is 10.3. The predicted octanol–water partition coefficient (Wildman–Crippen LogP) is 2.97. The molecule has 2 rings (SSSR count). The summed E-state index contributed by atoms with van der Waals surface area (Å²) in [4.78, 5) is 14.5. The monoisotopic (exact) mass is 315 g/mol. The van der Waals surface area contributed by atoms with Gasteiger partial charge < -0.3 is 5.11 Å². The smallest absolute Gasteiger partial charge is 0.382 e. The van der Waals surface area contributed by atoms with Gasteiger partial charge in [-0.3, -0.25) is 9.69 Å². The van der Waals surface area contributed by atoms with Gasteiger partial charge in [-0.1, -0.05) is 12.1 Å². The molecule has 2 atom stereocenters. The number of Topliss-reactive ketones (excluding diaryl/α,β-unsaturated/α-hetero) is 1. The average molecular weight is 315 g/mol. The van der Waals surface area contributed by atoms with Crippen molar-refractivity contribution in [1.82, 2.24) is 4.90 Å². The number of carbonyl (C=O) groups is 1. The zero-order valence-electron chi connectivity index (χ0n) is 12.9. The van der Waals surface area contributed by atoms with Crippen LogP contribution in [0.3, 0.4) is 0 Å². The maximum atomic E-state index is 12.8. The normalized spacial score (nSPS) is 29.9. The van der Waals surface area contributed by atoms with Gasteiger partial charge in [0.25, 0.3) is 0 Å². The van der Waals surface area contributed by atoms with E-state index in [4.69, 9.17) is 0 Å². The lowest BCUT2D eigenvalue weighted by molar-refractivity contribution is -0.154. The van der Waals surface area contributed by atoms with Gasteiger partial charge in [-0.05, 0) is 58.0 Å². The SMILES string of the molecule is CN(C)[C@@]1(c2ccc(C(F)(F)F)cc2)CCC[C@@](C)(O)C1=O. The van der Waals surface area contributed by atoms with E-state index in [2.05, 4.69) is 0 Å². The van der Waals surface area contributed by atoms with Gasteiger partial charge >= 0.3 is 6.18 Å². The molecule has 0 saturated heterocycles. The molecule has 3 nitrogen and oxygen atoms in total. The van der Waals surface area contributed by atoms with Gasteiger partial charge in [-0.2, -0.15) is 13.2 Å². The first-order valence-electron chi connectivity index (χ1n) is 7.14. The van der Waals surface area contributed by atoms with Crippen LogP contribution in [-0.4, -0.2) is 35.5 Å². The topological polar surface area (TPSA) is 40.5 Å². The summed E-state index contributed by atoms with van der Waals surface area (Å²) < 4.78 is 38.1. The van der Waals surface area contributed by atoms with Crippen LogP contribution in [0.1, 0.15) is 37.3 Å².